The molecular formula is C27H40N12O9S3. The van der Waals surface area contributed by atoms with Gasteiger partial charge < -0.3 is 63.3 Å². The predicted molar refractivity (Wildman–Crippen MR) is 187 cm³/mol. The Bertz CT molecular complexity index is 1640. The quantitative estimate of drug-likeness (QED) is 0.0520. The molecule has 0 spiro atoms. The van der Waals surface area contributed by atoms with E-state index in [4.69, 9.17) is 43.4 Å². The Morgan fingerprint density at radius 3 is 1.29 bits per heavy atom. The van der Waals surface area contributed by atoms with Gasteiger partial charge in [-0.1, -0.05) is 7.43 Å². The Labute approximate surface area is 302 Å². The van der Waals surface area contributed by atoms with E-state index in [1.807, 2.05) is 0 Å². The number of hydrogen-bond donors (Lipinski definition) is 12. The first kappa shape index (κ1) is 44.3. The average Bonchev–Trinajstić information content (AvgIpc) is 3.87. The number of carboxylic acids is 4. The van der Waals surface area contributed by atoms with Crippen LogP contribution in [0.3, 0.4) is 0 Å². The molecule has 4 aromatic heterocycles. The molecule has 16 N–H and O–H groups in total. The summed E-state index contributed by atoms with van der Waals surface area (Å²) in [5.74, 6) is -4.26. The van der Waals surface area contributed by atoms with Gasteiger partial charge in [0, 0.05) is 44.5 Å². The summed E-state index contributed by atoms with van der Waals surface area (Å²) in [4.78, 5) is 80.5. The molecule has 0 saturated carbocycles. The summed E-state index contributed by atoms with van der Waals surface area (Å²) >= 11 is 0.956. The number of carboxylic acid groups (broad SMARTS) is 4. The lowest BCUT2D eigenvalue weighted by Gasteiger charge is -2.07. The first-order chi connectivity index (χ1) is 23.6. The number of rotatable bonds is 16. The van der Waals surface area contributed by atoms with E-state index < -0.39 is 48.0 Å². The third kappa shape index (κ3) is 15.8. The molecule has 4 atom stereocenters. The number of thioether (sulfide) groups is 1. The minimum Gasteiger partial charge on any atom is -0.480 e. The maximum Gasteiger partial charge on any atom is 0.320 e. The maximum absolute atomic E-state index is 10.8. The summed E-state index contributed by atoms with van der Waals surface area (Å²) < 4.78 is 0. The van der Waals surface area contributed by atoms with Gasteiger partial charge >= 0.3 is 23.9 Å². The monoisotopic (exact) mass is 772 g/mol. The second-order valence-corrected chi connectivity index (χ2v) is 13.3. The number of nitrogens with zero attached hydrogens (tertiary/aromatic N) is 4. The number of hydrogen-bond acceptors (Lipinski definition) is 16. The van der Waals surface area contributed by atoms with Crippen molar-refractivity contribution in [2.24, 2.45) is 22.9 Å². The van der Waals surface area contributed by atoms with Gasteiger partial charge in [0.25, 0.3) is 0 Å². The van der Waals surface area contributed by atoms with Gasteiger partial charge in [0.15, 0.2) is 5.12 Å². The SMILES string of the molecule is C.CC(=O)Sc1nc[nH]c1C[C@H](N)C(=O)O.N[C@@H](Cc1[nH]cnc1SSc1nc[nH]c1C[C@H](N)C(=O)O)C(=O)O.N[C@@H](Cc1cnc[nH]1)C(=O)O. The molecule has 0 unspecified atom stereocenters. The number of aromatic nitrogens is 8. The molecule has 0 fully saturated rings. The molecule has 0 saturated heterocycles. The van der Waals surface area contributed by atoms with E-state index in [1.54, 1.807) is 6.20 Å². The van der Waals surface area contributed by atoms with Crippen LogP contribution in [0.4, 0.5) is 0 Å². The van der Waals surface area contributed by atoms with Crippen LogP contribution in [0.1, 0.15) is 37.1 Å². The second kappa shape index (κ2) is 22.2. The van der Waals surface area contributed by atoms with Crippen LogP contribution >= 0.6 is 33.3 Å². The van der Waals surface area contributed by atoms with Crippen molar-refractivity contribution in [2.45, 2.75) is 79.3 Å². The Morgan fingerprint density at radius 1 is 0.608 bits per heavy atom. The zero-order valence-corrected chi connectivity index (χ0v) is 28.6. The number of carbonyl (C=O) groups excluding carboxylic acids is 1. The molecule has 21 nitrogen and oxygen atoms in total. The minimum absolute atomic E-state index is 0. The summed E-state index contributed by atoms with van der Waals surface area (Å²) in [6.07, 6.45) is 8.03. The average molecular weight is 773 g/mol. The highest BCUT2D eigenvalue weighted by Gasteiger charge is 2.20. The highest BCUT2D eigenvalue weighted by molar-refractivity contribution is 8.76. The van der Waals surface area contributed by atoms with Crippen molar-refractivity contribution in [3.63, 3.8) is 0 Å². The summed E-state index contributed by atoms with van der Waals surface area (Å²) in [5.41, 5.74) is 24.2. The van der Waals surface area contributed by atoms with E-state index in [-0.39, 0.29) is 38.2 Å². The van der Waals surface area contributed by atoms with Gasteiger partial charge in [-0.25, -0.2) is 19.9 Å². The second-order valence-electron chi connectivity index (χ2n) is 9.99. The third-order valence-electron chi connectivity index (χ3n) is 6.01. The maximum atomic E-state index is 10.8. The Kier molecular flexibility index (Phi) is 19.3. The van der Waals surface area contributed by atoms with E-state index in [1.165, 1.54) is 53.8 Å². The number of aromatic amines is 4. The van der Waals surface area contributed by atoms with Crippen molar-refractivity contribution in [2.75, 3.05) is 0 Å². The molecule has 0 amide bonds. The Balaban J connectivity index is 0.000000412. The van der Waals surface area contributed by atoms with E-state index in [2.05, 4.69) is 39.9 Å². The largest absolute Gasteiger partial charge is 0.480 e. The third-order valence-corrected chi connectivity index (χ3v) is 9.14. The molecular weight excluding hydrogens is 733 g/mol. The van der Waals surface area contributed by atoms with Crippen LogP contribution in [-0.2, 0) is 49.7 Å². The molecule has 4 aromatic rings. The molecule has 0 radical (unpaired) electrons. The van der Waals surface area contributed by atoms with Crippen LogP contribution in [0.15, 0.2) is 46.6 Å². The molecule has 0 aliphatic rings. The summed E-state index contributed by atoms with van der Waals surface area (Å²) in [6, 6.07) is -3.89. The van der Waals surface area contributed by atoms with Gasteiger partial charge in [0.1, 0.15) is 39.2 Å². The zero-order valence-electron chi connectivity index (χ0n) is 26.2. The molecule has 280 valence electrons. The van der Waals surface area contributed by atoms with Crippen molar-refractivity contribution >= 4 is 62.3 Å². The van der Waals surface area contributed by atoms with Crippen LogP contribution in [0.2, 0.25) is 0 Å². The van der Waals surface area contributed by atoms with E-state index in [0.29, 0.717) is 32.2 Å². The number of nitrogens with two attached hydrogens (primary N) is 4. The van der Waals surface area contributed by atoms with Gasteiger partial charge in [0.2, 0.25) is 0 Å². The standard InChI is InChI=1S/C12H16N6O4S2.C8H11N3O3S.C6H9N3O2.CH4/c13-5(11(19)20)1-7-9(17-3-15-7)23-24-10-8(16-4-18-10)2-6(14)12(21)22;1-4(12)15-7-6(10-3-11-7)2-5(9)8(13)14;7-5(6(10)11)1-4-2-8-3-9-4;/h3-6H,1-2,13-14H2,(H,15,17)(H,16,18)(H,19,20)(H,21,22);3,5H,2,9H2,1H3,(H,10,11)(H,13,14);2-3,5H,1,7H2,(H,8,9)(H,10,11);1H4/t5-,6-;2*5-;/m000./s1. The number of aliphatic carboxylic acids is 4. The summed E-state index contributed by atoms with van der Waals surface area (Å²) in [5, 5.41) is 36.3. The topological polar surface area (TPSA) is 385 Å². The smallest absolute Gasteiger partial charge is 0.320 e. The number of carbonyl (C=O) groups is 5. The molecule has 0 bridgehead atoms. The van der Waals surface area contributed by atoms with Crippen LogP contribution < -0.4 is 22.9 Å². The lowest BCUT2D eigenvalue weighted by Crippen LogP contribution is -2.32. The molecule has 4 heterocycles. The van der Waals surface area contributed by atoms with Gasteiger partial charge in [-0.2, -0.15) is 0 Å². The fourth-order valence-electron chi connectivity index (χ4n) is 3.45. The van der Waals surface area contributed by atoms with Crippen LogP contribution in [0.5, 0.6) is 0 Å². The summed E-state index contributed by atoms with van der Waals surface area (Å²) in [7, 11) is 2.54. The van der Waals surface area contributed by atoms with Gasteiger partial charge in [-0.3, -0.25) is 24.0 Å². The van der Waals surface area contributed by atoms with Gasteiger partial charge in [-0.05, 0) is 33.3 Å². The van der Waals surface area contributed by atoms with Crippen molar-refractivity contribution < 1.29 is 44.4 Å². The van der Waals surface area contributed by atoms with Crippen molar-refractivity contribution in [3.8, 4) is 0 Å². The molecule has 51 heavy (non-hydrogen) atoms. The molecule has 0 aromatic carbocycles. The van der Waals surface area contributed by atoms with Crippen LogP contribution in [-0.4, -0.2) is 113 Å². The summed E-state index contributed by atoms with van der Waals surface area (Å²) in [6.45, 7) is 1.42. The van der Waals surface area contributed by atoms with E-state index >= 15 is 0 Å². The van der Waals surface area contributed by atoms with E-state index in [0.717, 1.165) is 17.5 Å². The van der Waals surface area contributed by atoms with Gasteiger partial charge in [0.05, 0.1) is 42.4 Å². The molecule has 4 rings (SSSR count). The van der Waals surface area contributed by atoms with Gasteiger partial charge in [-0.15, -0.1) is 0 Å². The van der Waals surface area contributed by atoms with Crippen LogP contribution in [0.25, 0.3) is 0 Å². The van der Waals surface area contributed by atoms with Crippen molar-refractivity contribution in [1.82, 2.24) is 39.9 Å². The van der Waals surface area contributed by atoms with E-state index in [9.17, 15) is 24.0 Å². The molecule has 0 aliphatic heterocycles. The van der Waals surface area contributed by atoms with Crippen LogP contribution in [0, 0.1) is 0 Å². The fourth-order valence-corrected chi connectivity index (χ4v) is 6.27. The van der Waals surface area contributed by atoms with Crippen molar-refractivity contribution in [3.05, 3.63) is 54.3 Å². The fraction of sp³-hybridized carbons (Fsp3) is 0.370. The normalized spacial score (nSPS) is 12.8. The highest BCUT2D eigenvalue weighted by Crippen LogP contribution is 2.38. The zero-order chi connectivity index (χ0) is 37.4. The number of imidazole rings is 4. The first-order valence-corrected chi connectivity index (χ1v) is 17.1. The predicted octanol–water partition coefficient (Wildman–Crippen LogP) is -0.156. The minimum atomic E-state index is -1.09. The Morgan fingerprint density at radius 2 is 0.961 bits per heavy atom. The first-order valence-electron chi connectivity index (χ1n) is 14.1. The Hall–Kier alpha value is -4.72. The highest BCUT2D eigenvalue weighted by atomic mass is 33.1. The lowest BCUT2D eigenvalue weighted by atomic mass is 10.2. The number of nitrogens with one attached hydrogen (secondary N) is 4. The molecule has 24 heteroatoms. The van der Waals surface area contributed by atoms with Crippen molar-refractivity contribution in [1.29, 1.82) is 0 Å². The lowest BCUT2D eigenvalue weighted by molar-refractivity contribution is -0.139. The number of H-pyrrole nitrogens is 4. The molecule has 0 aliphatic carbocycles.